The van der Waals surface area contributed by atoms with Crippen molar-refractivity contribution in [3.8, 4) is 11.3 Å². The highest BCUT2D eigenvalue weighted by molar-refractivity contribution is 5.90. The molecule has 0 aliphatic rings. The first-order valence-electron chi connectivity index (χ1n) is 6.16. The molecule has 0 amide bonds. The van der Waals surface area contributed by atoms with E-state index in [2.05, 4.69) is 4.98 Å². The number of pyridine rings is 1. The van der Waals surface area contributed by atoms with E-state index in [0.717, 1.165) is 4.57 Å². The van der Waals surface area contributed by atoms with E-state index >= 15 is 0 Å². The molecule has 21 heavy (non-hydrogen) atoms. The molecule has 3 rings (SSSR count). The predicted octanol–water partition coefficient (Wildman–Crippen LogP) is 4.17. The van der Waals surface area contributed by atoms with Crippen molar-refractivity contribution < 1.29 is 18.7 Å². The third-order valence-electron chi connectivity index (χ3n) is 3.25. The molecule has 6 heteroatoms. The zero-order chi connectivity index (χ0) is 15.0. The molecule has 0 saturated heterocycles. The number of carboxylic acid groups (broad SMARTS) is 1. The number of alkyl halides is 2. The van der Waals surface area contributed by atoms with Gasteiger partial charge in [0.25, 0.3) is 6.43 Å². The Morgan fingerprint density at radius 3 is 2.71 bits per heavy atom. The van der Waals surface area contributed by atoms with Crippen LogP contribution in [0.25, 0.3) is 22.2 Å². The number of fused-ring (bicyclic) bond motifs is 1. The second-order valence-corrected chi connectivity index (χ2v) is 4.48. The van der Waals surface area contributed by atoms with Gasteiger partial charge in [-0.05, 0) is 12.1 Å². The summed E-state index contributed by atoms with van der Waals surface area (Å²) in [6, 6.07) is 9.17. The Morgan fingerprint density at radius 1 is 1.24 bits per heavy atom. The van der Waals surface area contributed by atoms with E-state index in [1.807, 2.05) is 0 Å². The summed E-state index contributed by atoms with van der Waals surface area (Å²) in [5.74, 6) is 0. The maximum atomic E-state index is 13.0. The van der Waals surface area contributed by atoms with E-state index in [-0.39, 0.29) is 5.56 Å². The molecule has 0 bridgehead atoms. The number of hydrogen-bond acceptors (Lipinski definition) is 2. The van der Waals surface area contributed by atoms with Crippen molar-refractivity contribution >= 4 is 17.0 Å². The van der Waals surface area contributed by atoms with Gasteiger partial charge in [-0.15, -0.1) is 0 Å². The van der Waals surface area contributed by atoms with Crippen LogP contribution < -0.4 is 0 Å². The van der Waals surface area contributed by atoms with Crippen LogP contribution in [0.15, 0.2) is 48.8 Å². The van der Waals surface area contributed by atoms with Crippen molar-refractivity contribution in [2.45, 2.75) is 6.43 Å². The van der Waals surface area contributed by atoms with Crippen molar-refractivity contribution in [2.75, 3.05) is 0 Å². The van der Waals surface area contributed by atoms with Crippen LogP contribution in [0.3, 0.4) is 0 Å². The fourth-order valence-electron chi connectivity index (χ4n) is 2.26. The quantitative estimate of drug-likeness (QED) is 0.770. The summed E-state index contributed by atoms with van der Waals surface area (Å²) in [6.45, 7) is 0. The first kappa shape index (κ1) is 13.2. The predicted molar refractivity (Wildman–Crippen MR) is 73.5 cm³/mol. The number of nitrogens with zero attached hydrogens (tertiary/aromatic N) is 2. The Hall–Kier alpha value is -2.76. The molecule has 1 N–H and O–H groups in total. The van der Waals surface area contributed by atoms with Gasteiger partial charge in [0.15, 0.2) is 0 Å². The lowest BCUT2D eigenvalue weighted by Gasteiger charge is -2.08. The summed E-state index contributed by atoms with van der Waals surface area (Å²) in [4.78, 5) is 15.3. The monoisotopic (exact) mass is 288 g/mol. The number of hydrogen-bond donors (Lipinski definition) is 1. The molecule has 1 aromatic carbocycles. The fourth-order valence-corrected chi connectivity index (χ4v) is 2.26. The van der Waals surface area contributed by atoms with Gasteiger partial charge in [-0.2, -0.15) is 0 Å². The van der Waals surface area contributed by atoms with Gasteiger partial charge in [-0.25, -0.2) is 13.6 Å². The highest BCUT2D eigenvalue weighted by atomic mass is 19.3. The minimum Gasteiger partial charge on any atom is -0.464 e. The van der Waals surface area contributed by atoms with Gasteiger partial charge >= 0.3 is 6.09 Å². The molecule has 106 valence electrons. The Balaban J connectivity index is 2.22. The maximum Gasteiger partial charge on any atom is 0.416 e. The van der Waals surface area contributed by atoms with Crippen LogP contribution in [-0.2, 0) is 0 Å². The van der Waals surface area contributed by atoms with E-state index in [0.29, 0.717) is 22.2 Å². The number of halogens is 2. The number of carbonyl (C=O) groups is 1. The summed E-state index contributed by atoms with van der Waals surface area (Å²) in [6.07, 6.45) is -0.877. The standard InChI is InChI=1S/C15H10F2N2O2/c16-14(17)11-4-2-1-3-10(11)12-7-13-9(8-18-12)5-6-19(13)15(20)21/h1-8,14H,(H,20,21). The zero-order valence-electron chi connectivity index (χ0n) is 10.7. The largest absolute Gasteiger partial charge is 0.464 e. The van der Waals surface area contributed by atoms with Crippen molar-refractivity contribution in [3.63, 3.8) is 0 Å². The molecule has 0 atom stereocenters. The van der Waals surface area contributed by atoms with Gasteiger partial charge in [-0.3, -0.25) is 9.55 Å². The minimum atomic E-state index is -2.62. The van der Waals surface area contributed by atoms with E-state index < -0.39 is 12.5 Å². The highest BCUT2D eigenvalue weighted by Gasteiger charge is 2.16. The molecular formula is C15H10F2N2O2. The van der Waals surface area contributed by atoms with E-state index in [1.165, 1.54) is 30.6 Å². The maximum absolute atomic E-state index is 13.0. The molecular weight excluding hydrogens is 278 g/mol. The molecule has 0 radical (unpaired) electrons. The van der Waals surface area contributed by atoms with Gasteiger partial charge in [0.05, 0.1) is 11.2 Å². The molecule has 0 spiro atoms. The van der Waals surface area contributed by atoms with Crippen LogP contribution in [-0.4, -0.2) is 20.8 Å². The van der Waals surface area contributed by atoms with Gasteiger partial charge in [0, 0.05) is 28.9 Å². The van der Waals surface area contributed by atoms with Crippen LogP contribution in [0.5, 0.6) is 0 Å². The Labute approximate surface area is 118 Å². The summed E-state index contributed by atoms with van der Waals surface area (Å²) in [5, 5.41) is 9.73. The van der Waals surface area contributed by atoms with E-state index in [9.17, 15) is 13.6 Å². The SMILES string of the molecule is O=C(O)n1ccc2cnc(-c3ccccc3C(F)F)cc21. The second-order valence-electron chi connectivity index (χ2n) is 4.48. The smallest absolute Gasteiger partial charge is 0.416 e. The van der Waals surface area contributed by atoms with Crippen LogP contribution >= 0.6 is 0 Å². The molecule has 0 saturated carbocycles. The van der Waals surface area contributed by atoms with Crippen LogP contribution in [0.1, 0.15) is 12.0 Å². The Morgan fingerprint density at radius 2 is 2.00 bits per heavy atom. The molecule has 0 aliphatic carbocycles. The number of aromatic nitrogens is 2. The molecule has 3 aromatic rings. The van der Waals surface area contributed by atoms with Crippen LogP contribution in [0, 0.1) is 0 Å². The van der Waals surface area contributed by atoms with Gasteiger partial charge in [0.2, 0.25) is 0 Å². The molecule has 2 heterocycles. The van der Waals surface area contributed by atoms with E-state index in [1.54, 1.807) is 18.2 Å². The third-order valence-corrected chi connectivity index (χ3v) is 3.25. The summed E-state index contributed by atoms with van der Waals surface area (Å²) < 4.78 is 27.1. The lowest BCUT2D eigenvalue weighted by Crippen LogP contribution is -2.05. The summed E-state index contributed by atoms with van der Waals surface area (Å²) in [5.41, 5.74) is 0.904. The highest BCUT2D eigenvalue weighted by Crippen LogP contribution is 2.31. The molecule has 0 fully saturated rings. The van der Waals surface area contributed by atoms with Crippen molar-refractivity contribution in [2.24, 2.45) is 0 Å². The zero-order valence-corrected chi connectivity index (χ0v) is 10.7. The summed E-state index contributed by atoms with van der Waals surface area (Å²) in [7, 11) is 0. The first-order chi connectivity index (χ1) is 10.1. The number of rotatable bonds is 2. The lowest BCUT2D eigenvalue weighted by molar-refractivity contribution is 0.152. The molecule has 2 aromatic heterocycles. The van der Waals surface area contributed by atoms with Crippen LogP contribution in [0.2, 0.25) is 0 Å². The lowest BCUT2D eigenvalue weighted by atomic mass is 10.0. The molecule has 0 aliphatic heterocycles. The van der Waals surface area contributed by atoms with Crippen LogP contribution in [0.4, 0.5) is 13.6 Å². The van der Waals surface area contributed by atoms with Crippen molar-refractivity contribution in [3.05, 3.63) is 54.4 Å². The van der Waals surface area contributed by atoms with Gasteiger partial charge < -0.3 is 5.11 Å². The topological polar surface area (TPSA) is 55.1 Å². The average Bonchev–Trinajstić information content (AvgIpc) is 2.90. The Kier molecular flexibility index (Phi) is 3.13. The van der Waals surface area contributed by atoms with Crippen molar-refractivity contribution in [1.82, 2.24) is 9.55 Å². The Bertz CT molecular complexity index is 827. The second kappa shape index (κ2) is 4.97. The van der Waals surface area contributed by atoms with Crippen molar-refractivity contribution in [1.29, 1.82) is 0 Å². The average molecular weight is 288 g/mol. The van der Waals surface area contributed by atoms with Gasteiger partial charge in [0.1, 0.15) is 0 Å². The van der Waals surface area contributed by atoms with Gasteiger partial charge in [-0.1, -0.05) is 24.3 Å². The molecule has 0 unspecified atom stereocenters. The molecule has 4 nitrogen and oxygen atoms in total. The fraction of sp³-hybridized carbons (Fsp3) is 0.0667. The first-order valence-corrected chi connectivity index (χ1v) is 6.16. The minimum absolute atomic E-state index is 0.127. The summed E-state index contributed by atoms with van der Waals surface area (Å²) >= 11 is 0. The number of benzene rings is 1. The normalized spacial score (nSPS) is 11.2. The third kappa shape index (κ3) is 2.24. The van der Waals surface area contributed by atoms with E-state index in [4.69, 9.17) is 5.11 Å².